The average Bonchev–Trinajstić information content (AvgIpc) is 2.56. The van der Waals surface area contributed by atoms with Gasteiger partial charge in [-0.2, -0.15) is 5.10 Å². The lowest BCUT2D eigenvalue weighted by Crippen LogP contribution is -2.20. The maximum atomic E-state index is 12.1. The van der Waals surface area contributed by atoms with E-state index >= 15 is 0 Å². The lowest BCUT2D eigenvalue weighted by Gasteiger charge is -2.07. The van der Waals surface area contributed by atoms with Crippen molar-refractivity contribution in [3.05, 3.63) is 65.7 Å². The van der Waals surface area contributed by atoms with E-state index in [9.17, 15) is 4.79 Å². The molecule has 2 rings (SSSR count). The number of rotatable bonds is 6. The minimum absolute atomic E-state index is 0.232. The Labute approximate surface area is 131 Å². The van der Waals surface area contributed by atoms with Gasteiger partial charge in [0, 0.05) is 11.3 Å². The molecule has 0 heterocycles. The molecule has 0 bridgehead atoms. The number of carbonyl (C=O) groups is 1. The minimum Gasteiger partial charge on any atom is -0.399 e. The van der Waals surface area contributed by atoms with Crippen LogP contribution in [0, 0.1) is 0 Å². The molecule has 0 saturated carbocycles. The highest BCUT2D eigenvalue weighted by Crippen LogP contribution is 2.09. The van der Waals surface area contributed by atoms with Crippen molar-refractivity contribution in [3.8, 4) is 0 Å². The van der Waals surface area contributed by atoms with E-state index in [1.807, 2.05) is 30.3 Å². The third-order valence-electron chi connectivity index (χ3n) is 3.34. The van der Waals surface area contributed by atoms with Crippen LogP contribution in [-0.4, -0.2) is 11.6 Å². The number of anilines is 1. The molecule has 0 aliphatic rings. The highest BCUT2D eigenvalue weighted by Gasteiger charge is 2.06. The minimum atomic E-state index is -0.232. The highest BCUT2D eigenvalue weighted by molar-refractivity contribution is 6.02. The second-order valence-electron chi connectivity index (χ2n) is 5.09. The fraction of sp³-hybridized carbons (Fsp3) is 0.222. The van der Waals surface area contributed by atoms with Crippen molar-refractivity contribution < 1.29 is 4.79 Å². The van der Waals surface area contributed by atoms with Crippen LogP contribution in [0.1, 0.15) is 42.1 Å². The molecule has 3 N–H and O–H groups in total. The van der Waals surface area contributed by atoms with Crippen LogP contribution >= 0.6 is 0 Å². The van der Waals surface area contributed by atoms with Crippen molar-refractivity contribution in [3.63, 3.8) is 0 Å². The van der Waals surface area contributed by atoms with Crippen molar-refractivity contribution >= 4 is 17.3 Å². The topological polar surface area (TPSA) is 67.5 Å². The first-order chi connectivity index (χ1) is 10.7. The van der Waals surface area contributed by atoms with Crippen LogP contribution in [-0.2, 0) is 0 Å². The van der Waals surface area contributed by atoms with Crippen LogP contribution in [0.3, 0.4) is 0 Å². The second-order valence-corrected chi connectivity index (χ2v) is 5.09. The van der Waals surface area contributed by atoms with E-state index < -0.39 is 0 Å². The fourth-order valence-corrected chi connectivity index (χ4v) is 2.06. The Morgan fingerprint density at radius 3 is 2.36 bits per heavy atom. The predicted octanol–water partition coefficient (Wildman–Crippen LogP) is 3.59. The van der Waals surface area contributed by atoms with Gasteiger partial charge in [-0.15, -0.1) is 0 Å². The summed E-state index contributed by atoms with van der Waals surface area (Å²) < 4.78 is 0. The summed E-state index contributed by atoms with van der Waals surface area (Å²) in [6.07, 6.45) is 2.95. The Bertz CT molecular complexity index is 633. The Kier molecular flexibility index (Phi) is 5.72. The van der Waals surface area contributed by atoms with E-state index in [0.29, 0.717) is 11.3 Å². The van der Waals surface area contributed by atoms with Gasteiger partial charge in [-0.1, -0.05) is 43.7 Å². The first-order valence-corrected chi connectivity index (χ1v) is 7.48. The molecule has 2 aromatic rings. The molecule has 0 aromatic heterocycles. The zero-order chi connectivity index (χ0) is 15.8. The van der Waals surface area contributed by atoms with E-state index in [0.717, 1.165) is 30.5 Å². The van der Waals surface area contributed by atoms with Gasteiger partial charge in [0.15, 0.2) is 0 Å². The van der Waals surface area contributed by atoms with E-state index in [1.165, 1.54) is 0 Å². The van der Waals surface area contributed by atoms with Crippen LogP contribution in [0.2, 0.25) is 0 Å². The van der Waals surface area contributed by atoms with E-state index in [4.69, 9.17) is 5.73 Å². The number of amides is 1. The van der Waals surface area contributed by atoms with Crippen LogP contribution < -0.4 is 11.2 Å². The van der Waals surface area contributed by atoms with Crippen molar-refractivity contribution in [1.82, 2.24) is 5.43 Å². The Balaban J connectivity index is 2.12. The fourth-order valence-electron chi connectivity index (χ4n) is 2.06. The molecule has 0 spiro atoms. The second kappa shape index (κ2) is 7.98. The molecule has 0 aliphatic heterocycles. The van der Waals surface area contributed by atoms with E-state index in [2.05, 4.69) is 17.5 Å². The molecule has 4 heteroatoms. The van der Waals surface area contributed by atoms with Crippen molar-refractivity contribution in [2.75, 3.05) is 5.73 Å². The van der Waals surface area contributed by atoms with Gasteiger partial charge in [0.2, 0.25) is 0 Å². The number of hydrogen-bond donors (Lipinski definition) is 2. The summed E-state index contributed by atoms with van der Waals surface area (Å²) in [5, 5.41) is 4.32. The normalized spacial score (nSPS) is 11.2. The number of nitrogens with one attached hydrogen (secondary N) is 1. The maximum absolute atomic E-state index is 12.1. The van der Waals surface area contributed by atoms with Gasteiger partial charge in [-0.05, 0) is 42.7 Å². The van der Waals surface area contributed by atoms with Gasteiger partial charge in [-0.3, -0.25) is 4.79 Å². The van der Waals surface area contributed by atoms with Crippen LogP contribution in [0.15, 0.2) is 59.7 Å². The monoisotopic (exact) mass is 295 g/mol. The van der Waals surface area contributed by atoms with Crippen molar-refractivity contribution in [1.29, 1.82) is 0 Å². The Morgan fingerprint density at radius 1 is 1.05 bits per heavy atom. The molecule has 0 atom stereocenters. The molecule has 1 amide bonds. The first kappa shape index (κ1) is 15.8. The Hall–Kier alpha value is -2.62. The summed E-state index contributed by atoms with van der Waals surface area (Å²) in [4.78, 5) is 12.1. The third-order valence-corrected chi connectivity index (χ3v) is 3.34. The number of nitrogens with two attached hydrogens (primary N) is 1. The molecule has 0 radical (unpaired) electrons. The summed E-state index contributed by atoms with van der Waals surface area (Å²) >= 11 is 0. The average molecular weight is 295 g/mol. The molecule has 22 heavy (non-hydrogen) atoms. The molecular formula is C18H21N3O. The first-order valence-electron chi connectivity index (χ1n) is 7.48. The molecule has 114 valence electrons. The summed E-state index contributed by atoms with van der Waals surface area (Å²) in [6.45, 7) is 2.13. The molecule has 4 nitrogen and oxygen atoms in total. The molecule has 0 aliphatic carbocycles. The lowest BCUT2D eigenvalue weighted by molar-refractivity contribution is 0.0955. The zero-order valence-corrected chi connectivity index (χ0v) is 12.8. The number of hydrogen-bond acceptors (Lipinski definition) is 3. The predicted molar refractivity (Wildman–Crippen MR) is 90.8 cm³/mol. The lowest BCUT2D eigenvalue weighted by atomic mass is 10.1. The molecule has 0 fully saturated rings. The molecule has 0 unspecified atom stereocenters. The zero-order valence-electron chi connectivity index (χ0n) is 12.8. The van der Waals surface area contributed by atoms with Gasteiger partial charge in [0.05, 0.1) is 5.71 Å². The van der Waals surface area contributed by atoms with Gasteiger partial charge < -0.3 is 5.73 Å². The van der Waals surface area contributed by atoms with Crippen LogP contribution in [0.25, 0.3) is 0 Å². The molecular weight excluding hydrogens is 274 g/mol. The van der Waals surface area contributed by atoms with Crippen LogP contribution in [0.5, 0.6) is 0 Å². The molecule has 2 aromatic carbocycles. The van der Waals surface area contributed by atoms with Crippen molar-refractivity contribution in [2.45, 2.75) is 26.2 Å². The number of benzene rings is 2. The van der Waals surface area contributed by atoms with E-state index in [1.54, 1.807) is 24.3 Å². The summed E-state index contributed by atoms with van der Waals surface area (Å²) in [5.74, 6) is -0.232. The number of nitrogen functional groups attached to an aromatic ring is 1. The number of hydrazone groups is 1. The number of nitrogens with zero attached hydrogens (tertiary/aromatic N) is 1. The SMILES string of the molecule is CCCCC(=NNC(=O)c1ccc(N)cc1)c1ccccc1. The summed E-state index contributed by atoms with van der Waals surface area (Å²) in [7, 11) is 0. The summed E-state index contributed by atoms with van der Waals surface area (Å²) in [5.41, 5.74) is 11.4. The smallest absolute Gasteiger partial charge is 0.271 e. The Morgan fingerprint density at radius 2 is 1.73 bits per heavy atom. The van der Waals surface area contributed by atoms with E-state index in [-0.39, 0.29) is 5.91 Å². The van der Waals surface area contributed by atoms with Gasteiger partial charge >= 0.3 is 0 Å². The van der Waals surface area contributed by atoms with Crippen LogP contribution in [0.4, 0.5) is 5.69 Å². The number of unbranched alkanes of at least 4 members (excludes halogenated alkanes) is 1. The van der Waals surface area contributed by atoms with Crippen molar-refractivity contribution in [2.24, 2.45) is 5.10 Å². The highest BCUT2D eigenvalue weighted by atomic mass is 16.2. The van der Waals surface area contributed by atoms with Gasteiger partial charge in [0.25, 0.3) is 5.91 Å². The quantitative estimate of drug-likeness (QED) is 0.486. The largest absolute Gasteiger partial charge is 0.399 e. The van der Waals surface area contributed by atoms with Gasteiger partial charge in [0.1, 0.15) is 0 Å². The number of carbonyl (C=O) groups excluding carboxylic acids is 1. The maximum Gasteiger partial charge on any atom is 0.271 e. The third kappa shape index (κ3) is 4.45. The summed E-state index contributed by atoms with van der Waals surface area (Å²) in [6, 6.07) is 16.7. The molecule has 0 saturated heterocycles. The van der Waals surface area contributed by atoms with Gasteiger partial charge in [-0.25, -0.2) is 5.43 Å². The standard InChI is InChI=1S/C18H21N3O/c1-2-3-9-17(14-7-5-4-6-8-14)20-21-18(22)15-10-12-16(19)13-11-15/h4-8,10-13H,2-3,9,19H2,1H3,(H,21,22).